The van der Waals surface area contributed by atoms with Crippen molar-refractivity contribution in [1.82, 2.24) is 25.1 Å². The van der Waals surface area contributed by atoms with Crippen LogP contribution in [-0.2, 0) is 13.1 Å². The van der Waals surface area contributed by atoms with E-state index in [2.05, 4.69) is 50.8 Å². The van der Waals surface area contributed by atoms with Gasteiger partial charge < -0.3 is 9.88 Å². The van der Waals surface area contributed by atoms with Crippen LogP contribution in [0.2, 0.25) is 0 Å². The van der Waals surface area contributed by atoms with Crippen molar-refractivity contribution in [3.63, 3.8) is 0 Å². The van der Waals surface area contributed by atoms with E-state index in [4.69, 9.17) is 0 Å². The highest BCUT2D eigenvalue weighted by Crippen LogP contribution is 2.15. The van der Waals surface area contributed by atoms with Crippen molar-refractivity contribution in [3.8, 4) is 5.69 Å². The third-order valence-electron chi connectivity index (χ3n) is 3.88. The number of benzene rings is 2. The zero-order chi connectivity index (χ0) is 15.5. The molecule has 0 atom stereocenters. The molecule has 4 rings (SSSR count). The molecule has 23 heavy (non-hydrogen) atoms. The molecule has 2 aromatic heterocycles. The van der Waals surface area contributed by atoms with Gasteiger partial charge in [0.15, 0.2) is 0 Å². The van der Waals surface area contributed by atoms with Crippen LogP contribution in [0.3, 0.4) is 0 Å². The Bertz CT molecular complexity index is 908. The molecule has 4 aromatic rings. The fraction of sp³-hybridized carbons (Fsp3) is 0.111. The molecule has 0 aliphatic heterocycles. The lowest BCUT2D eigenvalue weighted by Gasteiger charge is -2.07. The van der Waals surface area contributed by atoms with Gasteiger partial charge in [-0.15, -0.1) is 0 Å². The van der Waals surface area contributed by atoms with Gasteiger partial charge in [0, 0.05) is 36.6 Å². The number of hydrogen-bond donors (Lipinski definition) is 2. The maximum absolute atomic E-state index is 4.32. The molecule has 0 bridgehead atoms. The van der Waals surface area contributed by atoms with Crippen LogP contribution in [0.15, 0.2) is 67.3 Å². The number of aromatic amines is 1. The van der Waals surface area contributed by atoms with Crippen molar-refractivity contribution in [3.05, 3.63) is 78.5 Å². The van der Waals surface area contributed by atoms with Gasteiger partial charge in [-0.3, -0.25) is 5.10 Å². The molecule has 2 aromatic carbocycles. The lowest BCUT2D eigenvalue weighted by atomic mass is 10.2. The van der Waals surface area contributed by atoms with Gasteiger partial charge >= 0.3 is 0 Å². The second kappa shape index (κ2) is 6.06. The van der Waals surface area contributed by atoms with Crippen LogP contribution in [0, 0.1) is 0 Å². The van der Waals surface area contributed by atoms with E-state index >= 15 is 0 Å². The Balaban J connectivity index is 1.44. The summed E-state index contributed by atoms with van der Waals surface area (Å²) in [6, 6.07) is 16.6. The van der Waals surface area contributed by atoms with Gasteiger partial charge in [-0.1, -0.05) is 30.3 Å². The molecule has 0 aliphatic rings. The lowest BCUT2D eigenvalue weighted by molar-refractivity contribution is 0.680. The summed E-state index contributed by atoms with van der Waals surface area (Å²) in [6.45, 7) is 1.56. The highest BCUT2D eigenvalue weighted by molar-refractivity contribution is 5.81. The highest BCUT2D eigenvalue weighted by atomic mass is 15.1. The number of H-pyrrole nitrogens is 1. The van der Waals surface area contributed by atoms with Crippen LogP contribution in [-0.4, -0.2) is 19.7 Å². The van der Waals surface area contributed by atoms with Gasteiger partial charge in [-0.05, 0) is 23.8 Å². The molecule has 5 heteroatoms. The summed E-state index contributed by atoms with van der Waals surface area (Å²) in [5, 5.41) is 12.1. The zero-order valence-corrected chi connectivity index (χ0v) is 12.6. The average molecular weight is 303 g/mol. The molecule has 0 saturated heterocycles. The molecule has 2 N–H and O–H groups in total. The van der Waals surface area contributed by atoms with Crippen LogP contribution in [0.4, 0.5) is 0 Å². The van der Waals surface area contributed by atoms with Crippen molar-refractivity contribution in [2.45, 2.75) is 13.1 Å². The predicted octanol–water partition coefficient (Wildman–Crippen LogP) is 3.04. The van der Waals surface area contributed by atoms with Crippen molar-refractivity contribution in [2.75, 3.05) is 0 Å². The largest absolute Gasteiger partial charge is 0.307 e. The molecule has 0 amide bonds. The van der Waals surface area contributed by atoms with Gasteiger partial charge in [0.2, 0.25) is 0 Å². The van der Waals surface area contributed by atoms with Gasteiger partial charge in [0.1, 0.15) is 0 Å². The molecule has 0 aliphatic carbocycles. The normalized spacial score (nSPS) is 11.1. The van der Waals surface area contributed by atoms with E-state index in [1.807, 2.05) is 35.3 Å². The monoisotopic (exact) mass is 303 g/mol. The van der Waals surface area contributed by atoms with Crippen LogP contribution in [0.5, 0.6) is 0 Å². The number of nitrogens with zero attached hydrogens (tertiary/aromatic N) is 3. The van der Waals surface area contributed by atoms with Crippen LogP contribution < -0.4 is 5.32 Å². The molecule has 0 spiro atoms. The first-order valence-corrected chi connectivity index (χ1v) is 7.60. The third kappa shape index (κ3) is 2.86. The summed E-state index contributed by atoms with van der Waals surface area (Å²) in [5.74, 6) is 0. The topological polar surface area (TPSA) is 58.5 Å². The maximum Gasteiger partial charge on any atom is 0.0991 e. The molecule has 0 fully saturated rings. The fourth-order valence-corrected chi connectivity index (χ4v) is 2.72. The maximum atomic E-state index is 4.32. The Kier molecular flexibility index (Phi) is 3.62. The molecule has 5 nitrogen and oxygen atoms in total. The molecule has 0 unspecified atom stereocenters. The summed E-state index contributed by atoms with van der Waals surface area (Å²) in [7, 11) is 0. The second-order valence-corrected chi connectivity index (χ2v) is 5.46. The van der Waals surface area contributed by atoms with E-state index in [0.29, 0.717) is 0 Å². The van der Waals surface area contributed by atoms with Crippen LogP contribution >= 0.6 is 0 Å². The number of para-hydroxylation sites is 1. The first-order chi connectivity index (χ1) is 11.4. The summed E-state index contributed by atoms with van der Waals surface area (Å²) >= 11 is 0. The quantitative estimate of drug-likeness (QED) is 0.596. The number of fused-ring (bicyclic) bond motifs is 1. The molecule has 0 saturated carbocycles. The molecular formula is C18H17N5. The zero-order valence-electron chi connectivity index (χ0n) is 12.6. The first kappa shape index (κ1) is 13.7. The van der Waals surface area contributed by atoms with Crippen LogP contribution in [0.25, 0.3) is 16.6 Å². The second-order valence-electron chi connectivity index (χ2n) is 5.46. The Morgan fingerprint density at radius 2 is 2.00 bits per heavy atom. The van der Waals surface area contributed by atoms with Gasteiger partial charge in [-0.25, -0.2) is 4.98 Å². The van der Waals surface area contributed by atoms with E-state index < -0.39 is 0 Å². The minimum Gasteiger partial charge on any atom is -0.307 e. The van der Waals surface area contributed by atoms with Gasteiger partial charge in [-0.2, -0.15) is 5.10 Å². The SMILES string of the molecule is c1cc(CNCc2[nH]nc3ccccc23)cc(-n2ccnc2)c1. The van der Waals surface area contributed by atoms with Gasteiger partial charge in [0.25, 0.3) is 0 Å². The van der Waals surface area contributed by atoms with E-state index in [1.54, 1.807) is 6.20 Å². The molecule has 0 radical (unpaired) electrons. The summed E-state index contributed by atoms with van der Waals surface area (Å²) in [6.07, 6.45) is 5.54. The standard InChI is InChI=1S/C18H17N5/c1-2-7-17-16(6-1)18(22-21-17)12-20-11-14-4-3-5-15(10-14)23-9-8-19-13-23/h1-10,13,20H,11-12H2,(H,21,22). The van der Waals surface area contributed by atoms with E-state index in [0.717, 1.165) is 30.0 Å². The lowest BCUT2D eigenvalue weighted by Crippen LogP contribution is -2.13. The minimum absolute atomic E-state index is 0.760. The number of imidazole rings is 1. The van der Waals surface area contributed by atoms with Gasteiger partial charge in [0.05, 0.1) is 17.5 Å². The smallest absolute Gasteiger partial charge is 0.0991 e. The van der Waals surface area contributed by atoms with Crippen molar-refractivity contribution >= 4 is 10.9 Å². The van der Waals surface area contributed by atoms with E-state index in [-0.39, 0.29) is 0 Å². The Labute approximate surface area is 134 Å². The Morgan fingerprint density at radius 1 is 1.04 bits per heavy atom. The average Bonchev–Trinajstić information content (AvgIpc) is 3.25. The number of aromatic nitrogens is 4. The number of hydrogen-bond acceptors (Lipinski definition) is 3. The highest BCUT2D eigenvalue weighted by Gasteiger charge is 2.04. The van der Waals surface area contributed by atoms with Crippen molar-refractivity contribution in [2.24, 2.45) is 0 Å². The molecule has 2 heterocycles. The first-order valence-electron chi connectivity index (χ1n) is 7.60. The van der Waals surface area contributed by atoms with Crippen LogP contribution in [0.1, 0.15) is 11.3 Å². The number of nitrogens with one attached hydrogen (secondary N) is 2. The minimum atomic E-state index is 0.760. The predicted molar refractivity (Wildman–Crippen MR) is 90.2 cm³/mol. The fourth-order valence-electron chi connectivity index (χ4n) is 2.72. The number of rotatable bonds is 5. The molecular weight excluding hydrogens is 286 g/mol. The summed E-state index contributed by atoms with van der Waals surface area (Å²) < 4.78 is 2.01. The third-order valence-corrected chi connectivity index (χ3v) is 3.88. The van der Waals surface area contributed by atoms with Crippen molar-refractivity contribution in [1.29, 1.82) is 0 Å². The molecule has 114 valence electrons. The van der Waals surface area contributed by atoms with E-state index in [9.17, 15) is 0 Å². The van der Waals surface area contributed by atoms with Crippen molar-refractivity contribution < 1.29 is 0 Å². The summed E-state index contributed by atoms with van der Waals surface area (Å²) in [5.41, 5.74) is 4.48. The Morgan fingerprint density at radius 3 is 2.91 bits per heavy atom. The summed E-state index contributed by atoms with van der Waals surface area (Å²) in [4.78, 5) is 4.09. The van der Waals surface area contributed by atoms with E-state index in [1.165, 1.54) is 10.9 Å². The Hall–Kier alpha value is -2.92.